The fourth-order valence-corrected chi connectivity index (χ4v) is 6.22. The second-order valence-electron chi connectivity index (χ2n) is 9.88. The van der Waals surface area contributed by atoms with Gasteiger partial charge < -0.3 is 15.3 Å². The lowest BCUT2D eigenvalue weighted by Gasteiger charge is -2.43. The van der Waals surface area contributed by atoms with Gasteiger partial charge in [-0.25, -0.2) is 0 Å². The Bertz CT molecular complexity index is 679. The van der Waals surface area contributed by atoms with E-state index in [1.165, 1.54) is 75.3 Å². The molecule has 2 saturated carbocycles. The average molecular weight is 413 g/mol. The molecule has 4 nitrogen and oxygen atoms in total. The van der Waals surface area contributed by atoms with Gasteiger partial charge in [-0.15, -0.1) is 0 Å². The number of hydrogen-bond donors (Lipinski definition) is 2. The van der Waals surface area contributed by atoms with Crippen LogP contribution in [-0.4, -0.2) is 41.7 Å². The number of aliphatic hydroxyl groups is 1. The van der Waals surface area contributed by atoms with Crippen molar-refractivity contribution in [1.82, 2.24) is 10.2 Å². The summed E-state index contributed by atoms with van der Waals surface area (Å²) in [6.07, 6.45) is 14.9. The minimum absolute atomic E-state index is 0.0438. The van der Waals surface area contributed by atoms with Gasteiger partial charge in [0.2, 0.25) is 5.91 Å². The number of rotatable bonds is 7. The molecule has 4 heteroatoms. The summed E-state index contributed by atoms with van der Waals surface area (Å²) in [7, 11) is 0. The van der Waals surface area contributed by atoms with E-state index in [1.54, 1.807) is 0 Å². The lowest BCUT2D eigenvalue weighted by Crippen LogP contribution is -2.49. The molecule has 30 heavy (non-hydrogen) atoms. The first-order valence-electron chi connectivity index (χ1n) is 12.5. The van der Waals surface area contributed by atoms with Crippen molar-refractivity contribution in [2.24, 2.45) is 11.8 Å². The van der Waals surface area contributed by atoms with Crippen LogP contribution in [0.25, 0.3) is 0 Å². The minimum Gasteiger partial charge on any atom is -0.395 e. The molecule has 1 aliphatic heterocycles. The smallest absolute Gasteiger partial charge is 0.237 e. The summed E-state index contributed by atoms with van der Waals surface area (Å²) >= 11 is 0. The topological polar surface area (TPSA) is 52.6 Å². The maximum atomic E-state index is 13.4. The molecule has 3 aliphatic rings. The second-order valence-corrected chi connectivity index (χ2v) is 9.88. The van der Waals surface area contributed by atoms with E-state index in [1.807, 2.05) is 0 Å². The fraction of sp³-hybridized carbons (Fsp3) is 0.731. The highest BCUT2D eigenvalue weighted by atomic mass is 16.3. The molecule has 2 fully saturated rings. The van der Waals surface area contributed by atoms with Gasteiger partial charge in [0.15, 0.2) is 0 Å². The molecule has 1 heterocycles. The van der Waals surface area contributed by atoms with Gasteiger partial charge >= 0.3 is 0 Å². The van der Waals surface area contributed by atoms with E-state index in [0.29, 0.717) is 18.4 Å². The molecule has 0 aromatic heterocycles. The summed E-state index contributed by atoms with van der Waals surface area (Å²) < 4.78 is 0. The minimum atomic E-state index is 0.0438. The molecule has 2 aliphatic carbocycles. The van der Waals surface area contributed by atoms with Crippen molar-refractivity contribution in [1.29, 1.82) is 0 Å². The van der Waals surface area contributed by atoms with E-state index in [4.69, 9.17) is 0 Å². The van der Waals surface area contributed by atoms with Crippen molar-refractivity contribution in [2.75, 3.05) is 19.7 Å². The number of aliphatic hydroxyl groups excluding tert-OH is 1. The molecule has 0 radical (unpaired) electrons. The Balaban J connectivity index is 1.41. The Morgan fingerprint density at radius 3 is 2.47 bits per heavy atom. The molecule has 2 atom stereocenters. The zero-order valence-corrected chi connectivity index (χ0v) is 18.5. The summed E-state index contributed by atoms with van der Waals surface area (Å²) in [5.74, 6) is 1.50. The zero-order chi connectivity index (χ0) is 20.8. The zero-order valence-electron chi connectivity index (χ0n) is 18.5. The van der Waals surface area contributed by atoms with Crippen LogP contribution in [0.4, 0.5) is 0 Å². The molecule has 0 saturated heterocycles. The summed E-state index contributed by atoms with van der Waals surface area (Å²) in [5.41, 5.74) is 2.81. The Kier molecular flexibility index (Phi) is 7.83. The first kappa shape index (κ1) is 21.8. The molecular formula is C26H40N2O2. The number of fused-ring (bicyclic) bond motifs is 1. The van der Waals surface area contributed by atoms with E-state index in [-0.39, 0.29) is 24.6 Å². The summed E-state index contributed by atoms with van der Waals surface area (Å²) in [5, 5.41) is 13.3. The van der Waals surface area contributed by atoms with Crippen LogP contribution in [0.1, 0.15) is 87.8 Å². The van der Waals surface area contributed by atoms with Gasteiger partial charge in [-0.05, 0) is 48.6 Å². The third-order valence-electron chi connectivity index (χ3n) is 7.85. The number of benzene rings is 1. The van der Waals surface area contributed by atoms with Crippen LogP contribution in [0.3, 0.4) is 0 Å². The van der Waals surface area contributed by atoms with Crippen molar-refractivity contribution in [3.8, 4) is 0 Å². The maximum absolute atomic E-state index is 13.4. The maximum Gasteiger partial charge on any atom is 0.237 e. The standard InChI is InChI=1S/C26H40N2O2/c29-19-23(17-20-9-3-1-4-10-20)27-18-25(30)28-16-15-21-11-7-8-14-24(21)26(28)22-12-5-2-6-13-22/h7-8,11,14,20,22-23,26-27,29H,1-6,9-10,12-13,15-19H2/t23-,26?/m0/s1. The average Bonchev–Trinajstić information content (AvgIpc) is 2.82. The highest BCUT2D eigenvalue weighted by Gasteiger charge is 2.36. The van der Waals surface area contributed by atoms with Crippen LogP contribution >= 0.6 is 0 Å². The number of carbonyl (C=O) groups is 1. The summed E-state index contributed by atoms with van der Waals surface area (Å²) in [4.78, 5) is 15.5. The van der Waals surface area contributed by atoms with Gasteiger partial charge in [-0.1, -0.05) is 75.6 Å². The normalized spacial score (nSPS) is 24.4. The van der Waals surface area contributed by atoms with Crippen molar-refractivity contribution in [3.05, 3.63) is 35.4 Å². The summed E-state index contributed by atoms with van der Waals surface area (Å²) in [6, 6.07) is 9.04. The van der Waals surface area contributed by atoms with E-state index in [9.17, 15) is 9.90 Å². The number of amides is 1. The predicted molar refractivity (Wildman–Crippen MR) is 121 cm³/mol. The quantitative estimate of drug-likeness (QED) is 0.687. The Morgan fingerprint density at radius 2 is 1.73 bits per heavy atom. The summed E-state index contributed by atoms with van der Waals surface area (Å²) in [6.45, 7) is 1.30. The number of carbonyl (C=O) groups excluding carboxylic acids is 1. The van der Waals surface area contributed by atoms with Crippen LogP contribution in [0.2, 0.25) is 0 Å². The van der Waals surface area contributed by atoms with Crippen molar-refractivity contribution < 1.29 is 9.90 Å². The van der Waals surface area contributed by atoms with E-state index in [2.05, 4.69) is 34.5 Å². The van der Waals surface area contributed by atoms with Crippen molar-refractivity contribution in [2.45, 2.75) is 89.1 Å². The molecule has 0 spiro atoms. The van der Waals surface area contributed by atoms with Crippen LogP contribution < -0.4 is 5.32 Å². The highest BCUT2D eigenvalue weighted by molar-refractivity contribution is 5.79. The molecule has 166 valence electrons. The second kappa shape index (κ2) is 10.8. The molecule has 1 amide bonds. The number of hydrogen-bond acceptors (Lipinski definition) is 3. The van der Waals surface area contributed by atoms with Gasteiger partial charge in [0.25, 0.3) is 0 Å². The number of nitrogens with zero attached hydrogens (tertiary/aromatic N) is 1. The molecule has 1 unspecified atom stereocenters. The van der Waals surface area contributed by atoms with Gasteiger partial charge in [-0.2, -0.15) is 0 Å². The Hall–Kier alpha value is -1.39. The van der Waals surface area contributed by atoms with Crippen LogP contribution in [0.15, 0.2) is 24.3 Å². The van der Waals surface area contributed by atoms with Gasteiger partial charge in [0.05, 0.1) is 19.2 Å². The molecule has 2 N–H and O–H groups in total. The van der Waals surface area contributed by atoms with E-state index >= 15 is 0 Å². The van der Waals surface area contributed by atoms with Gasteiger partial charge in [-0.3, -0.25) is 4.79 Å². The Labute approximate surface area is 182 Å². The van der Waals surface area contributed by atoms with Crippen LogP contribution in [-0.2, 0) is 11.2 Å². The van der Waals surface area contributed by atoms with Crippen molar-refractivity contribution in [3.63, 3.8) is 0 Å². The molecule has 1 aromatic rings. The lowest BCUT2D eigenvalue weighted by atomic mass is 9.77. The third-order valence-corrected chi connectivity index (χ3v) is 7.85. The van der Waals surface area contributed by atoms with E-state index < -0.39 is 0 Å². The van der Waals surface area contributed by atoms with Gasteiger partial charge in [0, 0.05) is 12.6 Å². The molecule has 0 bridgehead atoms. The SMILES string of the molecule is O=C(CN[C@H](CO)CC1CCCCC1)N1CCc2ccccc2C1C1CCCCC1. The van der Waals surface area contributed by atoms with Crippen molar-refractivity contribution >= 4 is 5.91 Å². The lowest BCUT2D eigenvalue weighted by molar-refractivity contribution is -0.135. The Morgan fingerprint density at radius 1 is 1.03 bits per heavy atom. The molecule has 1 aromatic carbocycles. The fourth-order valence-electron chi connectivity index (χ4n) is 6.22. The third kappa shape index (κ3) is 5.26. The largest absolute Gasteiger partial charge is 0.395 e. The number of nitrogens with one attached hydrogen (secondary N) is 1. The monoisotopic (exact) mass is 412 g/mol. The molecule has 4 rings (SSSR count). The van der Waals surface area contributed by atoms with Crippen LogP contribution in [0.5, 0.6) is 0 Å². The van der Waals surface area contributed by atoms with Gasteiger partial charge in [0.1, 0.15) is 0 Å². The first-order chi connectivity index (χ1) is 14.8. The highest BCUT2D eigenvalue weighted by Crippen LogP contribution is 2.42. The predicted octanol–water partition coefficient (Wildman–Crippen LogP) is 4.61. The van der Waals surface area contributed by atoms with Crippen LogP contribution in [0, 0.1) is 11.8 Å². The van der Waals surface area contributed by atoms with E-state index in [0.717, 1.165) is 19.4 Å². The first-order valence-corrected chi connectivity index (χ1v) is 12.5. The molecular weight excluding hydrogens is 372 g/mol.